The fourth-order valence-corrected chi connectivity index (χ4v) is 5.51. The monoisotopic (exact) mass is 341 g/mol. The molecular formula is C16H23NO5S. The molecular weight excluding hydrogens is 318 g/mol. The third-order valence-corrected chi connectivity index (χ3v) is 6.43. The summed E-state index contributed by atoms with van der Waals surface area (Å²) < 4.78 is 30.5. The molecule has 1 amide bonds. The lowest BCUT2D eigenvalue weighted by atomic mass is 9.82. The number of β-lactam (4-membered cyclic amide) rings is 1. The van der Waals surface area contributed by atoms with E-state index in [-0.39, 0.29) is 23.7 Å². The standard InChI is InChI=1S/C16H23NO5S/c1-7-8-16(22-6)13(19)17-11(12(18)15(3,4)5)10(2)9-23(20,21)14(16)17/h7,14H,1,8-9H2,2-6H3/t14-,16-/m1/s1. The largest absolute Gasteiger partial charge is 0.365 e. The Labute approximate surface area is 137 Å². The van der Waals surface area contributed by atoms with Gasteiger partial charge in [-0.25, -0.2) is 8.42 Å². The van der Waals surface area contributed by atoms with Crippen LogP contribution in [0, 0.1) is 5.41 Å². The van der Waals surface area contributed by atoms with Crippen LogP contribution in [0.2, 0.25) is 0 Å². The van der Waals surface area contributed by atoms with Crippen LogP contribution in [0.3, 0.4) is 0 Å². The Bertz CT molecular complexity index is 713. The predicted molar refractivity (Wildman–Crippen MR) is 86.1 cm³/mol. The minimum absolute atomic E-state index is 0.0821. The predicted octanol–water partition coefficient (Wildman–Crippen LogP) is 1.43. The minimum Gasteiger partial charge on any atom is -0.365 e. The molecule has 1 fully saturated rings. The lowest BCUT2D eigenvalue weighted by Gasteiger charge is -2.56. The average Bonchev–Trinajstić information content (AvgIpc) is 2.41. The number of nitrogens with zero attached hydrogens (tertiary/aromatic N) is 1. The van der Waals surface area contributed by atoms with Crippen LogP contribution in [0.15, 0.2) is 23.9 Å². The molecule has 0 saturated carbocycles. The topological polar surface area (TPSA) is 80.8 Å². The molecule has 0 radical (unpaired) electrons. The molecule has 2 rings (SSSR count). The van der Waals surface area contributed by atoms with E-state index in [1.54, 1.807) is 27.7 Å². The molecule has 0 N–H and O–H groups in total. The van der Waals surface area contributed by atoms with Gasteiger partial charge in [0, 0.05) is 18.9 Å². The van der Waals surface area contributed by atoms with Crippen molar-refractivity contribution in [1.29, 1.82) is 0 Å². The van der Waals surface area contributed by atoms with E-state index in [1.807, 2.05) is 0 Å². The quantitative estimate of drug-likeness (QED) is 0.571. The third kappa shape index (κ3) is 2.37. The maximum Gasteiger partial charge on any atom is 0.264 e. The summed E-state index contributed by atoms with van der Waals surface area (Å²) in [6.07, 6.45) is 1.55. The SMILES string of the molecule is C=CC[C@@]1(OC)C(=O)N2C(C(=O)C(C)(C)C)=C(C)CS(=O)(=O)[C@@H]21. The molecule has 0 bridgehead atoms. The normalized spacial score (nSPS) is 29.9. The molecule has 6 nitrogen and oxygen atoms in total. The Kier molecular flexibility index (Phi) is 4.10. The van der Waals surface area contributed by atoms with E-state index < -0.39 is 32.1 Å². The van der Waals surface area contributed by atoms with Crippen LogP contribution in [-0.4, -0.2) is 48.8 Å². The van der Waals surface area contributed by atoms with Crippen molar-refractivity contribution < 1.29 is 22.7 Å². The summed E-state index contributed by atoms with van der Waals surface area (Å²) in [5.41, 5.74) is -1.60. The number of allylic oxidation sites excluding steroid dienone is 1. The lowest BCUT2D eigenvalue weighted by molar-refractivity contribution is -0.183. The first-order valence-corrected chi connectivity index (χ1v) is 9.11. The minimum atomic E-state index is -3.64. The van der Waals surface area contributed by atoms with Crippen molar-refractivity contribution in [2.45, 2.75) is 45.1 Å². The summed E-state index contributed by atoms with van der Waals surface area (Å²) in [5.74, 6) is -0.993. The van der Waals surface area contributed by atoms with Gasteiger partial charge in [-0.2, -0.15) is 0 Å². The fourth-order valence-electron chi connectivity index (χ4n) is 3.21. The maximum atomic E-state index is 12.7. The summed E-state index contributed by atoms with van der Waals surface area (Å²) in [5, 5.41) is -1.17. The smallest absolute Gasteiger partial charge is 0.264 e. The van der Waals surface area contributed by atoms with E-state index in [1.165, 1.54) is 13.2 Å². The molecule has 2 atom stereocenters. The van der Waals surface area contributed by atoms with Gasteiger partial charge in [0.2, 0.25) is 0 Å². The van der Waals surface area contributed by atoms with Crippen molar-refractivity contribution in [2.24, 2.45) is 5.41 Å². The number of sulfone groups is 1. The Morgan fingerprint density at radius 3 is 2.48 bits per heavy atom. The number of ketones is 1. The van der Waals surface area contributed by atoms with Crippen molar-refractivity contribution in [3.05, 3.63) is 23.9 Å². The molecule has 23 heavy (non-hydrogen) atoms. The number of amides is 1. The van der Waals surface area contributed by atoms with Gasteiger partial charge in [0.05, 0.1) is 11.4 Å². The van der Waals surface area contributed by atoms with E-state index in [9.17, 15) is 18.0 Å². The second-order valence-corrected chi connectivity index (χ2v) is 9.19. The number of methoxy groups -OCH3 is 1. The van der Waals surface area contributed by atoms with Gasteiger partial charge in [0.1, 0.15) is 0 Å². The lowest BCUT2D eigenvalue weighted by Crippen LogP contribution is -2.78. The summed E-state index contributed by atoms with van der Waals surface area (Å²) >= 11 is 0. The molecule has 2 heterocycles. The van der Waals surface area contributed by atoms with Crippen LogP contribution in [-0.2, 0) is 24.2 Å². The molecule has 2 aliphatic rings. The van der Waals surface area contributed by atoms with Crippen LogP contribution in [0.25, 0.3) is 0 Å². The number of ether oxygens (including phenoxy) is 1. The molecule has 7 heteroatoms. The van der Waals surface area contributed by atoms with Crippen LogP contribution in [0.1, 0.15) is 34.1 Å². The number of hydrogen-bond donors (Lipinski definition) is 0. The Hall–Kier alpha value is -1.47. The first-order chi connectivity index (χ1) is 10.4. The van der Waals surface area contributed by atoms with Crippen molar-refractivity contribution >= 4 is 21.5 Å². The van der Waals surface area contributed by atoms with E-state index in [0.717, 1.165) is 4.90 Å². The highest BCUT2D eigenvalue weighted by Crippen LogP contribution is 2.47. The van der Waals surface area contributed by atoms with Gasteiger partial charge in [-0.15, -0.1) is 6.58 Å². The highest BCUT2D eigenvalue weighted by molar-refractivity contribution is 7.92. The van der Waals surface area contributed by atoms with Gasteiger partial charge < -0.3 is 4.74 Å². The van der Waals surface area contributed by atoms with Crippen LogP contribution in [0.4, 0.5) is 0 Å². The highest BCUT2D eigenvalue weighted by Gasteiger charge is 2.69. The van der Waals surface area contributed by atoms with Gasteiger partial charge in [-0.3, -0.25) is 14.5 Å². The molecule has 0 aromatic rings. The van der Waals surface area contributed by atoms with Crippen molar-refractivity contribution in [2.75, 3.05) is 12.9 Å². The molecule has 0 aromatic heterocycles. The number of carbonyl (C=O) groups is 2. The van der Waals surface area contributed by atoms with Crippen molar-refractivity contribution in [3.8, 4) is 0 Å². The highest BCUT2D eigenvalue weighted by atomic mass is 32.2. The number of hydrogen-bond acceptors (Lipinski definition) is 5. The second-order valence-electron chi connectivity index (χ2n) is 7.13. The first kappa shape index (κ1) is 17.9. The number of carbonyl (C=O) groups excluding carboxylic acids is 2. The van der Waals surface area contributed by atoms with Crippen molar-refractivity contribution in [1.82, 2.24) is 4.90 Å². The zero-order valence-corrected chi connectivity index (χ0v) is 15.0. The Morgan fingerprint density at radius 1 is 1.48 bits per heavy atom. The summed E-state index contributed by atoms with van der Waals surface area (Å²) in [4.78, 5) is 26.5. The summed E-state index contributed by atoms with van der Waals surface area (Å²) in [6.45, 7) is 10.4. The van der Waals surface area contributed by atoms with Gasteiger partial charge in [-0.05, 0) is 12.5 Å². The second kappa shape index (κ2) is 5.27. The van der Waals surface area contributed by atoms with Gasteiger partial charge in [0.25, 0.3) is 5.91 Å². The van der Waals surface area contributed by atoms with Crippen LogP contribution >= 0.6 is 0 Å². The van der Waals surface area contributed by atoms with Gasteiger partial charge in [0.15, 0.2) is 26.6 Å². The molecule has 128 valence electrons. The molecule has 0 aromatic carbocycles. The van der Waals surface area contributed by atoms with Gasteiger partial charge >= 0.3 is 0 Å². The average molecular weight is 341 g/mol. The van der Waals surface area contributed by atoms with E-state index >= 15 is 0 Å². The van der Waals surface area contributed by atoms with E-state index in [2.05, 4.69) is 6.58 Å². The molecule has 0 aliphatic carbocycles. The molecule has 1 saturated heterocycles. The zero-order chi connectivity index (χ0) is 17.8. The number of Topliss-reactive ketones (excluding diaryl/α,β-unsaturated/α-hetero) is 1. The first-order valence-electron chi connectivity index (χ1n) is 7.40. The zero-order valence-electron chi connectivity index (χ0n) is 14.2. The van der Waals surface area contributed by atoms with E-state index in [4.69, 9.17) is 4.74 Å². The number of rotatable bonds is 4. The van der Waals surface area contributed by atoms with Crippen molar-refractivity contribution in [3.63, 3.8) is 0 Å². The van der Waals surface area contributed by atoms with Crippen LogP contribution in [0.5, 0.6) is 0 Å². The van der Waals surface area contributed by atoms with Gasteiger partial charge in [-0.1, -0.05) is 26.8 Å². The maximum absolute atomic E-state index is 12.7. The third-order valence-electron chi connectivity index (χ3n) is 4.33. The van der Waals surface area contributed by atoms with E-state index in [0.29, 0.717) is 5.57 Å². The molecule has 0 spiro atoms. The summed E-state index contributed by atoms with van der Waals surface area (Å²) in [7, 11) is -2.33. The number of fused-ring (bicyclic) bond motifs is 1. The molecule has 2 aliphatic heterocycles. The molecule has 0 unspecified atom stereocenters. The Balaban J connectivity index is 2.62. The summed E-state index contributed by atoms with van der Waals surface area (Å²) in [6, 6.07) is 0. The Morgan fingerprint density at radius 2 is 2.04 bits per heavy atom. The fraction of sp³-hybridized carbons (Fsp3) is 0.625. The van der Waals surface area contributed by atoms with Crippen LogP contribution < -0.4 is 0 Å².